The molecule has 2 aliphatic rings. The Bertz CT molecular complexity index is 819. The molecule has 6 heteroatoms. The van der Waals surface area contributed by atoms with Crippen LogP contribution in [-0.2, 0) is 6.54 Å². The molecule has 0 aromatic carbocycles. The quantitative estimate of drug-likeness (QED) is 0.879. The molecule has 0 radical (unpaired) electrons. The number of rotatable bonds is 3. The maximum absolute atomic E-state index is 10.0. The molecule has 5 nitrogen and oxygen atoms in total. The molecule has 1 saturated carbocycles. The number of aromatic nitrogens is 3. The van der Waals surface area contributed by atoms with Crippen LogP contribution < -0.4 is 0 Å². The molecule has 1 aliphatic carbocycles. The molecule has 4 rings (SSSR count). The first-order valence-corrected chi connectivity index (χ1v) is 10.5. The molecule has 0 spiro atoms. The average Bonchev–Trinajstić information content (AvgIpc) is 2.98. The van der Waals surface area contributed by atoms with E-state index in [1.807, 2.05) is 6.92 Å². The minimum atomic E-state index is -0.266. The maximum Gasteiger partial charge on any atom is 0.147 e. The van der Waals surface area contributed by atoms with E-state index >= 15 is 0 Å². The normalized spacial score (nSPS) is 26.2. The molecule has 1 saturated heterocycles. The zero-order chi connectivity index (χ0) is 18.7. The summed E-state index contributed by atoms with van der Waals surface area (Å²) >= 11 is 1.76. The van der Waals surface area contributed by atoms with Gasteiger partial charge in [0.05, 0.1) is 16.8 Å². The summed E-state index contributed by atoms with van der Waals surface area (Å²) in [6, 6.07) is 0. The second kappa shape index (κ2) is 6.21. The van der Waals surface area contributed by atoms with E-state index in [1.54, 1.807) is 11.3 Å². The molecule has 1 unspecified atom stereocenters. The van der Waals surface area contributed by atoms with Crippen molar-refractivity contribution in [2.45, 2.75) is 84.4 Å². The molecule has 0 bridgehead atoms. The highest BCUT2D eigenvalue weighted by Crippen LogP contribution is 2.44. The smallest absolute Gasteiger partial charge is 0.147 e. The van der Waals surface area contributed by atoms with Crippen molar-refractivity contribution in [3.05, 3.63) is 16.5 Å². The third kappa shape index (κ3) is 3.16. The van der Waals surface area contributed by atoms with Crippen LogP contribution >= 0.6 is 11.3 Å². The van der Waals surface area contributed by atoms with Crippen molar-refractivity contribution in [2.24, 2.45) is 5.41 Å². The third-order valence-electron chi connectivity index (χ3n) is 6.51. The summed E-state index contributed by atoms with van der Waals surface area (Å²) in [5.74, 6) is 1.38. The van der Waals surface area contributed by atoms with Crippen molar-refractivity contribution in [3.63, 3.8) is 0 Å². The Morgan fingerprint density at radius 1 is 1.12 bits per heavy atom. The van der Waals surface area contributed by atoms with Gasteiger partial charge in [-0.05, 0) is 51.9 Å². The highest BCUT2D eigenvalue weighted by atomic mass is 32.1. The van der Waals surface area contributed by atoms with Gasteiger partial charge in [0.1, 0.15) is 16.2 Å². The van der Waals surface area contributed by atoms with Crippen LogP contribution in [0.4, 0.5) is 0 Å². The molecular weight excluding hydrogens is 344 g/mol. The van der Waals surface area contributed by atoms with Crippen molar-refractivity contribution >= 4 is 21.7 Å². The zero-order valence-corrected chi connectivity index (χ0v) is 17.4. The van der Waals surface area contributed by atoms with E-state index in [9.17, 15) is 5.11 Å². The molecule has 1 N–H and O–H groups in total. The van der Waals surface area contributed by atoms with Crippen molar-refractivity contribution in [1.82, 2.24) is 19.9 Å². The number of fused-ring (bicyclic) bond motifs is 1. The summed E-state index contributed by atoms with van der Waals surface area (Å²) in [6.45, 7) is 12.3. The Morgan fingerprint density at radius 2 is 1.81 bits per heavy atom. The van der Waals surface area contributed by atoms with E-state index in [0.717, 1.165) is 28.4 Å². The Morgan fingerprint density at radius 3 is 2.42 bits per heavy atom. The van der Waals surface area contributed by atoms with Gasteiger partial charge in [-0.25, -0.2) is 15.0 Å². The van der Waals surface area contributed by atoms with E-state index in [1.165, 1.54) is 30.7 Å². The van der Waals surface area contributed by atoms with Crippen molar-refractivity contribution in [1.29, 1.82) is 0 Å². The van der Waals surface area contributed by atoms with Gasteiger partial charge < -0.3 is 5.11 Å². The van der Waals surface area contributed by atoms with Crippen molar-refractivity contribution < 1.29 is 5.11 Å². The highest BCUT2D eigenvalue weighted by molar-refractivity contribution is 7.18. The standard InChI is InChI=1S/C20H30N4OS/c1-12-21-14(10-24-11-15(25)20(24,4)5)16-18(22-12)26-17(23-16)13-6-8-19(2,3)9-7-13/h13,15,25H,6-11H2,1-5H3. The van der Waals surface area contributed by atoms with Crippen LogP contribution in [0.25, 0.3) is 10.3 Å². The minimum Gasteiger partial charge on any atom is -0.390 e. The fraction of sp³-hybridized carbons (Fsp3) is 0.750. The lowest BCUT2D eigenvalue weighted by Gasteiger charge is -2.52. The van der Waals surface area contributed by atoms with Gasteiger partial charge >= 0.3 is 0 Å². The lowest BCUT2D eigenvalue weighted by Crippen LogP contribution is -2.66. The first-order chi connectivity index (χ1) is 12.2. The fourth-order valence-electron chi connectivity index (χ4n) is 4.16. The van der Waals surface area contributed by atoms with Gasteiger partial charge in [-0.2, -0.15) is 0 Å². The van der Waals surface area contributed by atoms with E-state index < -0.39 is 0 Å². The Balaban J connectivity index is 1.62. The SMILES string of the molecule is Cc1nc(CN2CC(O)C2(C)C)c2nc(C3CCC(C)(C)CC3)sc2n1. The van der Waals surface area contributed by atoms with Gasteiger partial charge in [-0.3, -0.25) is 4.90 Å². The van der Waals surface area contributed by atoms with Crippen LogP contribution in [0.3, 0.4) is 0 Å². The van der Waals surface area contributed by atoms with Gasteiger partial charge in [-0.15, -0.1) is 0 Å². The number of β-amino-alcohol motifs (C(OH)–C–C–N with tert-alkyl or cyclic N) is 1. The molecule has 1 aliphatic heterocycles. The average molecular weight is 375 g/mol. The van der Waals surface area contributed by atoms with Gasteiger partial charge in [0.25, 0.3) is 0 Å². The maximum atomic E-state index is 10.0. The molecule has 1 atom stereocenters. The summed E-state index contributed by atoms with van der Waals surface area (Å²) in [6.07, 6.45) is 4.72. The molecular formula is C20H30N4OS. The van der Waals surface area contributed by atoms with Crippen LogP contribution in [-0.4, -0.2) is 43.1 Å². The number of hydrogen-bond acceptors (Lipinski definition) is 6. The monoisotopic (exact) mass is 374 g/mol. The summed E-state index contributed by atoms with van der Waals surface area (Å²) in [5, 5.41) is 11.3. The number of aliphatic hydroxyl groups excluding tert-OH is 1. The first kappa shape index (κ1) is 18.3. The number of thiazole rings is 1. The Kier molecular flexibility index (Phi) is 4.36. The summed E-state index contributed by atoms with van der Waals surface area (Å²) in [5.41, 5.74) is 2.25. The van der Waals surface area contributed by atoms with Crippen molar-refractivity contribution in [2.75, 3.05) is 6.54 Å². The van der Waals surface area contributed by atoms with Gasteiger partial charge in [0, 0.05) is 24.5 Å². The van der Waals surface area contributed by atoms with E-state index in [4.69, 9.17) is 9.97 Å². The third-order valence-corrected chi connectivity index (χ3v) is 7.62. The second-order valence-corrected chi connectivity index (χ2v) is 10.4. The van der Waals surface area contributed by atoms with Crippen LogP contribution in [0.1, 0.15) is 75.8 Å². The molecule has 26 heavy (non-hydrogen) atoms. The number of nitrogens with zero attached hydrogens (tertiary/aromatic N) is 4. The Labute approximate surface area is 159 Å². The van der Waals surface area contributed by atoms with Crippen LogP contribution in [0.15, 0.2) is 0 Å². The topological polar surface area (TPSA) is 62.1 Å². The Hall–Kier alpha value is -1.11. The number of hydrogen-bond donors (Lipinski definition) is 1. The largest absolute Gasteiger partial charge is 0.390 e. The molecule has 3 heterocycles. The van der Waals surface area contributed by atoms with Gasteiger partial charge in [0.15, 0.2) is 0 Å². The number of aliphatic hydroxyl groups is 1. The predicted molar refractivity (Wildman–Crippen MR) is 105 cm³/mol. The molecule has 2 aromatic heterocycles. The first-order valence-electron chi connectivity index (χ1n) is 9.73. The lowest BCUT2D eigenvalue weighted by atomic mass is 9.73. The molecule has 2 fully saturated rings. The van der Waals surface area contributed by atoms with Gasteiger partial charge in [0.2, 0.25) is 0 Å². The highest BCUT2D eigenvalue weighted by Gasteiger charge is 2.45. The minimum absolute atomic E-state index is 0.195. The molecule has 142 valence electrons. The molecule has 2 aromatic rings. The van der Waals surface area contributed by atoms with Crippen LogP contribution in [0.5, 0.6) is 0 Å². The van der Waals surface area contributed by atoms with E-state index in [0.29, 0.717) is 17.9 Å². The van der Waals surface area contributed by atoms with Gasteiger partial charge in [-0.1, -0.05) is 25.2 Å². The number of likely N-dealkylation sites (tertiary alicyclic amines) is 1. The predicted octanol–water partition coefficient (Wildman–Crippen LogP) is 4.03. The summed E-state index contributed by atoms with van der Waals surface area (Å²) in [4.78, 5) is 17.7. The summed E-state index contributed by atoms with van der Waals surface area (Å²) in [7, 11) is 0. The second-order valence-electron chi connectivity index (χ2n) is 9.41. The van der Waals surface area contributed by atoms with Crippen molar-refractivity contribution in [3.8, 4) is 0 Å². The number of aryl methyl sites for hydroxylation is 1. The fourth-order valence-corrected chi connectivity index (χ4v) is 5.33. The lowest BCUT2D eigenvalue weighted by molar-refractivity contribution is -0.122. The van der Waals surface area contributed by atoms with E-state index in [2.05, 4.69) is 37.6 Å². The molecule has 0 amide bonds. The van der Waals surface area contributed by atoms with Crippen LogP contribution in [0, 0.1) is 12.3 Å². The van der Waals surface area contributed by atoms with Crippen LogP contribution in [0.2, 0.25) is 0 Å². The zero-order valence-electron chi connectivity index (χ0n) is 16.5. The summed E-state index contributed by atoms with van der Waals surface area (Å²) < 4.78 is 0. The van der Waals surface area contributed by atoms with E-state index in [-0.39, 0.29) is 11.6 Å².